The first-order valence-electron chi connectivity index (χ1n) is 7.98. The molecule has 1 aliphatic rings. The lowest BCUT2D eigenvalue weighted by molar-refractivity contribution is 0.00648. The molecule has 1 heterocycles. The summed E-state index contributed by atoms with van der Waals surface area (Å²) in [6, 6.07) is 10.4. The fourth-order valence-corrected chi connectivity index (χ4v) is 3.52. The van der Waals surface area contributed by atoms with E-state index < -0.39 is 5.60 Å². The number of rotatable bonds is 5. The smallest absolute Gasteiger partial charge is 0.103 e. The molecular weight excluding hydrogens is 274 g/mol. The SMILES string of the molecule is Cc1cc(C)n(CCN(C)CC2(O)CCc3ccccc32)n1. The van der Waals surface area contributed by atoms with Crippen LogP contribution >= 0.6 is 0 Å². The second kappa shape index (κ2) is 5.86. The van der Waals surface area contributed by atoms with Crippen molar-refractivity contribution in [2.24, 2.45) is 0 Å². The molecule has 4 nitrogen and oxygen atoms in total. The van der Waals surface area contributed by atoms with Gasteiger partial charge in [-0.25, -0.2) is 0 Å². The molecule has 1 unspecified atom stereocenters. The van der Waals surface area contributed by atoms with E-state index in [1.54, 1.807) is 0 Å². The average molecular weight is 299 g/mol. The van der Waals surface area contributed by atoms with Gasteiger partial charge in [0.25, 0.3) is 0 Å². The molecule has 0 saturated carbocycles. The molecule has 118 valence electrons. The summed E-state index contributed by atoms with van der Waals surface area (Å²) in [6.07, 6.45) is 1.79. The molecule has 1 aromatic carbocycles. The van der Waals surface area contributed by atoms with Crippen LogP contribution in [0.1, 0.15) is 28.9 Å². The standard InChI is InChI=1S/C18H25N3O/c1-14-12-15(2)21(19-14)11-10-20(3)13-18(22)9-8-16-6-4-5-7-17(16)18/h4-7,12,22H,8-11,13H2,1-3H3. The largest absolute Gasteiger partial charge is 0.384 e. The zero-order valence-electron chi connectivity index (χ0n) is 13.7. The van der Waals surface area contributed by atoms with E-state index in [1.165, 1.54) is 11.3 Å². The Hall–Kier alpha value is -1.65. The van der Waals surface area contributed by atoms with Crippen molar-refractivity contribution >= 4 is 0 Å². The maximum atomic E-state index is 11.0. The number of hydrogen-bond donors (Lipinski definition) is 1. The van der Waals surface area contributed by atoms with Crippen molar-refractivity contribution in [2.75, 3.05) is 20.1 Å². The Bertz CT molecular complexity index is 664. The summed E-state index contributed by atoms with van der Waals surface area (Å²) in [7, 11) is 2.07. The summed E-state index contributed by atoms with van der Waals surface area (Å²) in [6.45, 7) is 6.51. The van der Waals surface area contributed by atoms with Crippen LogP contribution in [-0.2, 0) is 18.6 Å². The molecule has 1 atom stereocenters. The van der Waals surface area contributed by atoms with Crippen LogP contribution in [-0.4, -0.2) is 39.9 Å². The third-order valence-corrected chi connectivity index (χ3v) is 4.66. The predicted molar refractivity (Wildman–Crippen MR) is 87.9 cm³/mol. The molecule has 0 amide bonds. The monoisotopic (exact) mass is 299 g/mol. The maximum Gasteiger partial charge on any atom is 0.103 e. The molecule has 0 saturated heterocycles. The zero-order chi connectivity index (χ0) is 15.7. The molecule has 0 radical (unpaired) electrons. The molecule has 2 aromatic rings. The van der Waals surface area contributed by atoms with E-state index in [2.05, 4.69) is 48.2 Å². The van der Waals surface area contributed by atoms with Crippen LogP contribution in [0.3, 0.4) is 0 Å². The first kappa shape index (κ1) is 15.3. The van der Waals surface area contributed by atoms with Crippen LogP contribution in [0, 0.1) is 13.8 Å². The molecule has 0 aliphatic heterocycles. The predicted octanol–water partition coefficient (Wildman–Crippen LogP) is 2.27. The fourth-order valence-electron chi connectivity index (χ4n) is 3.52. The first-order chi connectivity index (χ1) is 10.5. The number of hydrogen-bond acceptors (Lipinski definition) is 3. The summed E-state index contributed by atoms with van der Waals surface area (Å²) < 4.78 is 2.04. The highest BCUT2D eigenvalue weighted by Gasteiger charge is 2.37. The molecule has 4 heteroatoms. The Labute approximate surface area is 132 Å². The van der Waals surface area contributed by atoms with Gasteiger partial charge >= 0.3 is 0 Å². The van der Waals surface area contributed by atoms with Crippen molar-refractivity contribution in [1.82, 2.24) is 14.7 Å². The van der Waals surface area contributed by atoms with Crippen molar-refractivity contribution < 1.29 is 5.11 Å². The second-order valence-corrected chi connectivity index (χ2v) is 6.58. The normalized spacial score (nSPS) is 20.6. The van der Waals surface area contributed by atoms with Gasteiger partial charge in [0.15, 0.2) is 0 Å². The molecule has 0 spiro atoms. The zero-order valence-corrected chi connectivity index (χ0v) is 13.7. The van der Waals surface area contributed by atoms with Gasteiger partial charge in [-0.05, 0) is 50.9 Å². The Morgan fingerprint density at radius 3 is 2.82 bits per heavy atom. The van der Waals surface area contributed by atoms with Crippen molar-refractivity contribution in [3.8, 4) is 0 Å². The van der Waals surface area contributed by atoms with Gasteiger partial charge in [0, 0.05) is 18.8 Å². The van der Waals surface area contributed by atoms with Gasteiger partial charge in [-0.1, -0.05) is 24.3 Å². The summed E-state index contributed by atoms with van der Waals surface area (Å²) in [4.78, 5) is 2.21. The molecule has 1 aliphatic carbocycles. The fraction of sp³-hybridized carbons (Fsp3) is 0.500. The van der Waals surface area contributed by atoms with Gasteiger partial charge in [0.2, 0.25) is 0 Å². The van der Waals surface area contributed by atoms with Crippen LogP contribution in [0.25, 0.3) is 0 Å². The lowest BCUT2D eigenvalue weighted by atomic mass is 9.95. The average Bonchev–Trinajstić information content (AvgIpc) is 2.97. The summed E-state index contributed by atoms with van der Waals surface area (Å²) in [5.74, 6) is 0. The summed E-state index contributed by atoms with van der Waals surface area (Å²) >= 11 is 0. The highest BCUT2D eigenvalue weighted by atomic mass is 16.3. The first-order valence-corrected chi connectivity index (χ1v) is 7.98. The molecule has 0 bridgehead atoms. The van der Waals surface area contributed by atoms with E-state index in [1.807, 2.05) is 17.7 Å². The van der Waals surface area contributed by atoms with Crippen LogP contribution in [0.5, 0.6) is 0 Å². The third-order valence-electron chi connectivity index (χ3n) is 4.66. The summed E-state index contributed by atoms with van der Waals surface area (Å²) in [5.41, 5.74) is 3.93. The number of nitrogens with zero attached hydrogens (tertiary/aromatic N) is 3. The van der Waals surface area contributed by atoms with E-state index in [0.717, 1.165) is 37.2 Å². The number of aromatic nitrogens is 2. The van der Waals surface area contributed by atoms with Gasteiger partial charge in [-0.2, -0.15) is 5.10 Å². The number of aliphatic hydroxyl groups is 1. The minimum atomic E-state index is -0.708. The number of benzene rings is 1. The molecule has 1 aromatic heterocycles. The van der Waals surface area contributed by atoms with Crippen molar-refractivity contribution in [1.29, 1.82) is 0 Å². The Morgan fingerprint density at radius 2 is 2.09 bits per heavy atom. The van der Waals surface area contributed by atoms with E-state index >= 15 is 0 Å². The molecule has 1 N–H and O–H groups in total. The van der Waals surface area contributed by atoms with Gasteiger partial charge < -0.3 is 10.0 Å². The Balaban J connectivity index is 1.62. The lowest BCUT2D eigenvalue weighted by Gasteiger charge is -2.30. The highest BCUT2D eigenvalue weighted by Crippen LogP contribution is 2.37. The van der Waals surface area contributed by atoms with Crippen LogP contribution in [0.2, 0.25) is 0 Å². The van der Waals surface area contributed by atoms with Crippen molar-refractivity contribution in [2.45, 2.75) is 38.8 Å². The minimum Gasteiger partial charge on any atom is -0.384 e. The van der Waals surface area contributed by atoms with E-state index in [9.17, 15) is 5.11 Å². The number of aryl methyl sites for hydroxylation is 3. The van der Waals surface area contributed by atoms with E-state index in [4.69, 9.17) is 0 Å². The van der Waals surface area contributed by atoms with Crippen molar-refractivity contribution in [3.05, 3.63) is 52.8 Å². The highest BCUT2D eigenvalue weighted by molar-refractivity contribution is 5.37. The van der Waals surface area contributed by atoms with Gasteiger partial charge in [0.05, 0.1) is 12.2 Å². The lowest BCUT2D eigenvalue weighted by Crippen LogP contribution is -2.39. The van der Waals surface area contributed by atoms with Gasteiger partial charge in [0.1, 0.15) is 5.60 Å². The maximum absolute atomic E-state index is 11.0. The molecule has 3 rings (SSSR count). The van der Waals surface area contributed by atoms with Crippen LogP contribution < -0.4 is 0 Å². The van der Waals surface area contributed by atoms with E-state index in [0.29, 0.717) is 6.54 Å². The quantitative estimate of drug-likeness (QED) is 0.921. The Kier molecular flexibility index (Phi) is 4.06. The number of likely N-dealkylation sites (N-methyl/N-ethyl adjacent to an activating group) is 1. The van der Waals surface area contributed by atoms with Crippen LogP contribution in [0.4, 0.5) is 0 Å². The molecular formula is C18H25N3O. The van der Waals surface area contributed by atoms with Crippen LogP contribution in [0.15, 0.2) is 30.3 Å². The second-order valence-electron chi connectivity index (χ2n) is 6.58. The summed E-state index contributed by atoms with van der Waals surface area (Å²) in [5, 5.41) is 15.5. The minimum absolute atomic E-state index is 0.670. The van der Waals surface area contributed by atoms with Gasteiger partial charge in [-0.15, -0.1) is 0 Å². The molecule has 0 fully saturated rings. The Morgan fingerprint density at radius 1 is 1.32 bits per heavy atom. The molecule has 22 heavy (non-hydrogen) atoms. The topological polar surface area (TPSA) is 41.3 Å². The van der Waals surface area contributed by atoms with Gasteiger partial charge in [-0.3, -0.25) is 4.68 Å². The van der Waals surface area contributed by atoms with E-state index in [-0.39, 0.29) is 0 Å². The van der Waals surface area contributed by atoms with Crippen molar-refractivity contribution in [3.63, 3.8) is 0 Å². The third kappa shape index (κ3) is 2.94. The number of fused-ring (bicyclic) bond motifs is 1.